The van der Waals surface area contributed by atoms with Crippen LogP contribution in [0.4, 0.5) is 5.82 Å². The molecule has 0 spiro atoms. The van der Waals surface area contributed by atoms with Crippen LogP contribution in [0.25, 0.3) is 11.7 Å². The number of pyridine rings is 1. The second-order valence-electron chi connectivity index (χ2n) is 9.48. The van der Waals surface area contributed by atoms with Gasteiger partial charge in [0.2, 0.25) is 0 Å². The van der Waals surface area contributed by atoms with Gasteiger partial charge in [0.25, 0.3) is 11.5 Å². The van der Waals surface area contributed by atoms with Crippen LogP contribution < -0.4 is 10.5 Å². The molecule has 9 heteroatoms. The molecule has 0 atom stereocenters. The van der Waals surface area contributed by atoms with E-state index in [1.165, 1.54) is 17.3 Å². The topological polar surface area (TPSA) is 61.2 Å². The largest absolute Gasteiger partial charge is 0.353 e. The van der Waals surface area contributed by atoms with E-state index in [2.05, 4.69) is 34.1 Å². The molecule has 2 aliphatic heterocycles. The van der Waals surface area contributed by atoms with Crippen LogP contribution in [-0.2, 0) is 11.3 Å². The number of amides is 1. The maximum atomic E-state index is 13.7. The van der Waals surface area contributed by atoms with Crippen LogP contribution in [0.15, 0.2) is 58.4 Å². The van der Waals surface area contributed by atoms with E-state index < -0.39 is 0 Å². The maximum absolute atomic E-state index is 13.7. The molecule has 1 amide bonds. The number of piperazine rings is 1. The Hall–Kier alpha value is -3.01. The lowest BCUT2D eigenvalue weighted by atomic mass is 10.1. The molecule has 3 aromatic rings. The Labute approximate surface area is 220 Å². The second-order valence-corrected chi connectivity index (χ2v) is 11.2. The van der Waals surface area contributed by atoms with Crippen molar-refractivity contribution in [1.82, 2.24) is 19.2 Å². The summed E-state index contributed by atoms with van der Waals surface area (Å²) in [5, 5.41) is 0. The van der Waals surface area contributed by atoms with Crippen LogP contribution in [0.2, 0.25) is 0 Å². The molecule has 5 rings (SSSR count). The van der Waals surface area contributed by atoms with Crippen LogP contribution in [0, 0.1) is 6.92 Å². The average molecular weight is 520 g/mol. The molecule has 4 heterocycles. The highest BCUT2D eigenvalue weighted by Crippen LogP contribution is 2.34. The van der Waals surface area contributed by atoms with E-state index in [1.54, 1.807) is 21.6 Å². The Bertz CT molecular complexity index is 1410. The fourth-order valence-electron chi connectivity index (χ4n) is 4.63. The number of carbonyl (C=O) groups excluding carboxylic acids is 1. The van der Waals surface area contributed by atoms with Gasteiger partial charge in [-0.3, -0.25) is 23.8 Å². The summed E-state index contributed by atoms with van der Waals surface area (Å²) in [6, 6.07) is 14.2. The SMILES string of the molecule is Cc1ccc2nc(N3CCN(Cc4ccccc4)CC3)c(/C=C3\SC(=S)N(C(C)C)C3=O)c(=O)n2c1. The van der Waals surface area contributed by atoms with Crippen molar-refractivity contribution < 1.29 is 4.79 Å². The van der Waals surface area contributed by atoms with Crippen molar-refractivity contribution in [3.05, 3.63) is 80.6 Å². The molecule has 0 unspecified atom stereocenters. The molecule has 0 aliphatic carbocycles. The van der Waals surface area contributed by atoms with E-state index in [4.69, 9.17) is 17.2 Å². The lowest BCUT2D eigenvalue weighted by Crippen LogP contribution is -2.47. The van der Waals surface area contributed by atoms with Gasteiger partial charge in [-0.1, -0.05) is 60.4 Å². The Morgan fingerprint density at radius 2 is 1.78 bits per heavy atom. The number of benzene rings is 1. The number of rotatable bonds is 5. The zero-order valence-corrected chi connectivity index (χ0v) is 22.3. The number of anilines is 1. The third kappa shape index (κ3) is 4.83. The van der Waals surface area contributed by atoms with Gasteiger partial charge in [-0.25, -0.2) is 4.98 Å². The Morgan fingerprint density at radius 1 is 1.06 bits per heavy atom. The molecule has 7 nitrogen and oxygen atoms in total. The van der Waals surface area contributed by atoms with Crippen LogP contribution in [0.5, 0.6) is 0 Å². The van der Waals surface area contributed by atoms with Crippen molar-refractivity contribution in [2.45, 2.75) is 33.4 Å². The highest BCUT2D eigenvalue weighted by molar-refractivity contribution is 8.26. The predicted molar refractivity (Wildman–Crippen MR) is 150 cm³/mol. The highest BCUT2D eigenvalue weighted by atomic mass is 32.2. The van der Waals surface area contributed by atoms with Gasteiger partial charge < -0.3 is 4.90 Å². The Morgan fingerprint density at radius 3 is 2.44 bits per heavy atom. The zero-order valence-electron chi connectivity index (χ0n) is 20.7. The summed E-state index contributed by atoms with van der Waals surface area (Å²) in [7, 11) is 0. The molecule has 0 radical (unpaired) electrons. The number of aromatic nitrogens is 2. The third-order valence-electron chi connectivity index (χ3n) is 6.52. The first-order valence-electron chi connectivity index (χ1n) is 12.1. The number of thiocarbonyl (C=S) groups is 1. The first kappa shape index (κ1) is 24.7. The molecule has 0 bridgehead atoms. The first-order valence-corrected chi connectivity index (χ1v) is 13.4. The normalized spacial score (nSPS) is 18.3. The van der Waals surface area contributed by atoms with Crippen LogP contribution >= 0.6 is 24.0 Å². The molecule has 0 saturated carbocycles. The molecular weight excluding hydrogens is 490 g/mol. The van der Waals surface area contributed by atoms with Gasteiger partial charge in [0.15, 0.2) is 0 Å². The summed E-state index contributed by atoms with van der Waals surface area (Å²) in [6.07, 6.45) is 3.49. The van der Waals surface area contributed by atoms with Gasteiger partial charge in [-0.15, -0.1) is 0 Å². The number of aryl methyl sites for hydroxylation is 1. The van der Waals surface area contributed by atoms with Gasteiger partial charge in [-0.2, -0.15) is 0 Å². The lowest BCUT2D eigenvalue weighted by Gasteiger charge is -2.36. The Kier molecular flexibility index (Phi) is 6.96. The molecule has 1 aromatic carbocycles. The second kappa shape index (κ2) is 10.2. The maximum Gasteiger partial charge on any atom is 0.267 e. The van der Waals surface area contributed by atoms with Crippen molar-refractivity contribution in [2.75, 3.05) is 31.1 Å². The number of fused-ring (bicyclic) bond motifs is 1. The molecule has 2 saturated heterocycles. The Balaban J connectivity index is 1.50. The molecule has 186 valence electrons. The number of hydrogen-bond donors (Lipinski definition) is 0. The predicted octanol–water partition coefficient (Wildman–Crippen LogP) is 3.93. The number of carbonyl (C=O) groups is 1. The summed E-state index contributed by atoms with van der Waals surface area (Å²) >= 11 is 6.70. The fraction of sp³-hybridized carbons (Fsp3) is 0.333. The minimum absolute atomic E-state index is 0.0426. The lowest BCUT2D eigenvalue weighted by molar-refractivity contribution is -0.123. The van der Waals surface area contributed by atoms with Crippen molar-refractivity contribution in [2.24, 2.45) is 0 Å². The smallest absolute Gasteiger partial charge is 0.267 e. The average Bonchev–Trinajstić information content (AvgIpc) is 3.15. The zero-order chi connectivity index (χ0) is 25.4. The monoisotopic (exact) mass is 519 g/mol. The summed E-state index contributed by atoms with van der Waals surface area (Å²) in [4.78, 5) is 38.4. The quantitative estimate of drug-likeness (QED) is 0.374. The van der Waals surface area contributed by atoms with E-state index in [1.807, 2.05) is 39.0 Å². The molecule has 36 heavy (non-hydrogen) atoms. The van der Waals surface area contributed by atoms with Crippen LogP contribution in [0.3, 0.4) is 0 Å². The van der Waals surface area contributed by atoms with Crippen molar-refractivity contribution >= 4 is 51.7 Å². The van der Waals surface area contributed by atoms with Gasteiger partial charge in [-0.05, 0) is 44.0 Å². The number of hydrogen-bond acceptors (Lipinski definition) is 7. The van der Waals surface area contributed by atoms with Gasteiger partial charge in [0, 0.05) is 45.0 Å². The summed E-state index contributed by atoms with van der Waals surface area (Å²) in [6.45, 7) is 9.92. The van der Waals surface area contributed by atoms with Crippen molar-refractivity contribution in [3.8, 4) is 0 Å². The van der Waals surface area contributed by atoms with Gasteiger partial charge in [0.05, 0.1) is 10.5 Å². The summed E-state index contributed by atoms with van der Waals surface area (Å²) < 4.78 is 2.08. The van der Waals surface area contributed by atoms with E-state index >= 15 is 0 Å². The highest BCUT2D eigenvalue weighted by Gasteiger charge is 2.34. The standard InChI is InChI=1S/C27H29N5O2S2/c1-18(2)32-26(34)22(36-27(32)35)15-21-24(28-23-10-9-19(3)16-31(23)25(21)33)30-13-11-29(12-14-30)17-20-7-5-4-6-8-20/h4-10,15-16,18H,11-14,17H2,1-3H3/b22-15-. The number of nitrogens with zero attached hydrogens (tertiary/aromatic N) is 5. The molecular formula is C27H29N5O2S2. The van der Waals surface area contributed by atoms with Gasteiger partial charge >= 0.3 is 0 Å². The minimum Gasteiger partial charge on any atom is -0.353 e. The third-order valence-corrected chi connectivity index (χ3v) is 7.85. The van der Waals surface area contributed by atoms with Crippen molar-refractivity contribution in [1.29, 1.82) is 0 Å². The minimum atomic E-state index is -0.180. The fourth-order valence-corrected chi connectivity index (χ4v) is 6.14. The molecule has 2 aromatic heterocycles. The van der Waals surface area contributed by atoms with E-state index in [0.29, 0.717) is 26.3 Å². The van der Waals surface area contributed by atoms with E-state index in [9.17, 15) is 9.59 Å². The number of thioether (sulfide) groups is 1. The van der Waals surface area contributed by atoms with Crippen LogP contribution in [0.1, 0.15) is 30.5 Å². The van der Waals surface area contributed by atoms with E-state index in [-0.39, 0.29) is 17.5 Å². The molecule has 2 aliphatic rings. The summed E-state index contributed by atoms with van der Waals surface area (Å²) in [5.41, 5.74) is 3.10. The molecule has 0 N–H and O–H groups in total. The van der Waals surface area contributed by atoms with Crippen molar-refractivity contribution in [3.63, 3.8) is 0 Å². The van der Waals surface area contributed by atoms with Gasteiger partial charge in [0.1, 0.15) is 15.8 Å². The van der Waals surface area contributed by atoms with E-state index in [0.717, 1.165) is 38.3 Å². The van der Waals surface area contributed by atoms with Crippen LogP contribution in [-0.4, -0.2) is 61.6 Å². The molecule has 2 fully saturated rings. The first-order chi connectivity index (χ1) is 17.3. The summed E-state index contributed by atoms with van der Waals surface area (Å²) in [5.74, 6) is 0.463.